The van der Waals surface area contributed by atoms with Gasteiger partial charge in [0.25, 0.3) is 0 Å². The van der Waals surface area contributed by atoms with Gasteiger partial charge in [0.1, 0.15) is 6.07 Å². The summed E-state index contributed by atoms with van der Waals surface area (Å²) in [5, 5.41) is 10.6. The van der Waals surface area contributed by atoms with E-state index in [0.29, 0.717) is 0 Å². The summed E-state index contributed by atoms with van der Waals surface area (Å²) in [5.74, 6) is 0. The Bertz CT molecular complexity index is 810. The number of hydrogen-bond acceptors (Lipinski definition) is 2. The number of nitriles is 1. The number of aromatic nitrogens is 1. The molecule has 0 unspecified atom stereocenters. The van der Waals surface area contributed by atoms with Crippen molar-refractivity contribution < 1.29 is 0 Å². The number of thioether (sulfide) groups is 1. The van der Waals surface area contributed by atoms with Crippen LogP contribution in [0.5, 0.6) is 0 Å². The van der Waals surface area contributed by atoms with Crippen molar-refractivity contribution in [3.63, 3.8) is 0 Å². The molecule has 2 nitrogen and oxygen atoms in total. The molecule has 0 bridgehead atoms. The molecule has 0 saturated heterocycles. The van der Waals surface area contributed by atoms with Gasteiger partial charge in [-0.25, -0.2) is 0 Å². The zero-order valence-electron chi connectivity index (χ0n) is 11.4. The van der Waals surface area contributed by atoms with Gasteiger partial charge in [-0.05, 0) is 29.5 Å². The number of nitrogens with zero attached hydrogens (tertiary/aromatic N) is 2. The molecule has 0 aliphatic heterocycles. The Morgan fingerprint density at radius 3 is 2.55 bits per heavy atom. The van der Waals surface area contributed by atoms with Crippen LogP contribution in [-0.2, 0) is 7.05 Å². The van der Waals surface area contributed by atoms with Crippen molar-refractivity contribution in [1.29, 1.82) is 5.26 Å². The second kappa shape index (κ2) is 5.07. The van der Waals surface area contributed by atoms with Crippen LogP contribution in [0.4, 0.5) is 0 Å². The van der Waals surface area contributed by atoms with Gasteiger partial charge in [-0.1, -0.05) is 30.3 Å². The number of hydrogen-bond donors (Lipinski definition) is 0. The van der Waals surface area contributed by atoms with E-state index in [1.165, 1.54) is 11.1 Å². The van der Waals surface area contributed by atoms with E-state index in [0.717, 1.165) is 21.4 Å². The van der Waals surface area contributed by atoms with Crippen LogP contribution >= 0.6 is 11.8 Å². The first-order valence-electron chi connectivity index (χ1n) is 6.38. The maximum atomic E-state index is 9.48. The predicted molar refractivity (Wildman–Crippen MR) is 84.9 cm³/mol. The normalized spacial score (nSPS) is 10.7. The van der Waals surface area contributed by atoms with E-state index < -0.39 is 0 Å². The highest BCUT2D eigenvalue weighted by atomic mass is 32.2. The van der Waals surface area contributed by atoms with Crippen LogP contribution in [-0.4, -0.2) is 10.8 Å². The average Bonchev–Trinajstić information content (AvgIpc) is 2.88. The lowest BCUT2D eigenvalue weighted by Gasteiger charge is -2.10. The van der Waals surface area contributed by atoms with Crippen molar-refractivity contribution in [3.8, 4) is 17.2 Å². The molecule has 0 amide bonds. The fraction of sp³-hybridized carbons (Fsp3) is 0.118. The molecule has 0 spiro atoms. The first kappa shape index (κ1) is 12.8. The molecule has 1 heterocycles. The lowest BCUT2D eigenvalue weighted by Crippen LogP contribution is -1.92. The van der Waals surface area contributed by atoms with Crippen LogP contribution in [0.1, 0.15) is 5.56 Å². The fourth-order valence-electron chi connectivity index (χ4n) is 2.58. The van der Waals surface area contributed by atoms with Crippen molar-refractivity contribution in [3.05, 3.63) is 54.2 Å². The molecule has 0 radical (unpaired) electrons. The van der Waals surface area contributed by atoms with Crippen LogP contribution in [0, 0.1) is 11.3 Å². The van der Waals surface area contributed by atoms with Crippen molar-refractivity contribution >= 4 is 22.7 Å². The summed E-state index contributed by atoms with van der Waals surface area (Å²) < 4.78 is 2.03. The quantitative estimate of drug-likeness (QED) is 0.648. The summed E-state index contributed by atoms with van der Waals surface area (Å²) >= 11 is 1.62. The summed E-state index contributed by atoms with van der Waals surface area (Å²) in [6.45, 7) is 0. The summed E-state index contributed by atoms with van der Waals surface area (Å²) in [6.07, 6.45) is 4.03. The molecule has 1 aromatic heterocycles. The molecule has 2 aromatic carbocycles. The van der Waals surface area contributed by atoms with Gasteiger partial charge in [-0.2, -0.15) is 5.26 Å². The Kier molecular flexibility index (Phi) is 3.25. The second-order valence-electron chi connectivity index (χ2n) is 4.67. The second-order valence-corrected chi connectivity index (χ2v) is 5.52. The molecule has 0 atom stereocenters. The lowest BCUT2D eigenvalue weighted by atomic mass is 9.99. The van der Waals surface area contributed by atoms with Gasteiger partial charge in [0.05, 0.1) is 11.1 Å². The lowest BCUT2D eigenvalue weighted by molar-refractivity contribution is 0.965. The Morgan fingerprint density at radius 2 is 1.90 bits per heavy atom. The Balaban J connectivity index is 2.43. The molecular weight excluding hydrogens is 264 g/mol. The molecule has 98 valence electrons. The predicted octanol–water partition coefficient (Wildman–Crippen LogP) is 4.44. The summed E-state index contributed by atoms with van der Waals surface area (Å²) in [6, 6.07) is 16.9. The Hall–Kier alpha value is -2.18. The van der Waals surface area contributed by atoms with E-state index in [4.69, 9.17) is 0 Å². The Labute approximate surface area is 122 Å². The number of fused-ring (bicyclic) bond motifs is 1. The summed E-state index contributed by atoms with van der Waals surface area (Å²) in [4.78, 5) is 1.03. The summed E-state index contributed by atoms with van der Waals surface area (Å²) in [7, 11) is 1.99. The molecule has 0 fully saturated rings. The van der Waals surface area contributed by atoms with Gasteiger partial charge in [0, 0.05) is 23.5 Å². The largest absolute Gasteiger partial charge is 0.349 e. The highest BCUT2D eigenvalue weighted by molar-refractivity contribution is 7.98. The van der Waals surface area contributed by atoms with E-state index >= 15 is 0 Å². The molecule has 3 aromatic rings. The number of rotatable bonds is 2. The number of benzene rings is 2. The number of aryl methyl sites for hydroxylation is 1. The minimum Gasteiger partial charge on any atom is -0.349 e. The van der Waals surface area contributed by atoms with E-state index in [-0.39, 0.29) is 0 Å². The molecule has 0 N–H and O–H groups in total. The van der Waals surface area contributed by atoms with E-state index in [2.05, 4.69) is 30.3 Å². The molecule has 3 rings (SSSR count). The fourth-order valence-corrected chi connectivity index (χ4v) is 3.16. The van der Waals surface area contributed by atoms with Crippen molar-refractivity contribution in [2.24, 2.45) is 7.05 Å². The first-order valence-corrected chi connectivity index (χ1v) is 7.60. The van der Waals surface area contributed by atoms with Crippen molar-refractivity contribution in [2.45, 2.75) is 4.90 Å². The first-order chi connectivity index (χ1) is 9.76. The molecule has 20 heavy (non-hydrogen) atoms. The Morgan fingerprint density at radius 1 is 1.15 bits per heavy atom. The monoisotopic (exact) mass is 278 g/mol. The van der Waals surface area contributed by atoms with E-state index in [1.807, 2.05) is 42.3 Å². The minimum absolute atomic E-state index is 0.764. The van der Waals surface area contributed by atoms with Gasteiger partial charge in [-0.15, -0.1) is 11.8 Å². The third-order valence-corrected chi connectivity index (χ3v) is 4.30. The highest BCUT2D eigenvalue weighted by Crippen LogP contribution is 2.36. The SMILES string of the molecule is CSc1cc(-c2ccccc2)c2ccn(C)c2c1C#N. The third-order valence-electron chi connectivity index (χ3n) is 3.54. The van der Waals surface area contributed by atoms with Crippen molar-refractivity contribution in [2.75, 3.05) is 6.26 Å². The average molecular weight is 278 g/mol. The highest BCUT2D eigenvalue weighted by Gasteiger charge is 2.15. The van der Waals surface area contributed by atoms with Crippen LogP contribution in [0.15, 0.2) is 53.6 Å². The topological polar surface area (TPSA) is 28.7 Å². The van der Waals surface area contributed by atoms with Gasteiger partial charge >= 0.3 is 0 Å². The minimum atomic E-state index is 0.764. The van der Waals surface area contributed by atoms with Crippen LogP contribution < -0.4 is 0 Å². The van der Waals surface area contributed by atoms with Gasteiger partial charge in [-0.3, -0.25) is 0 Å². The summed E-state index contributed by atoms with van der Waals surface area (Å²) in [5.41, 5.74) is 4.14. The maximum absolute atomic E-state index is 9.48. The molecular formula is C17H14N2S. The van der Waals surface area contributed by atoms with Gasteiger partial charge in [0.15, 0.2) is 0 Å². The molecule has 0 aliphatic rings. The standard InChI is InChI=1S/C17H14N2S/c1-19-9-8-13-14(12-6-4-3-5-7-12)10-16(20-2)15(11-18)17(13)19/h3-10H,1-2H3. The zero-order chi connectivity index (χ0) is 14.1. The van der Waals surface area contributed by atoms with Crippen LogP contribution in [0.25, 0.3) is 22.0 Å². The van der Waals surface area contributed by atoms with Gasteiger partial charge < -0.3 is 4.57 Å². The molecule has 3 heteroatoms. The van der Waals surface area contributed by atoms with Crippen LogP contribution in [0.2, 0.25) is 0 Å². The van der Waals surface area contributed by atoms with Gasteiger partial charge in [0.2, 0.25) is 0 Å². The smallest absolute Gasteiger partial charge is 0.103 e. The van der Waals surface area contributed by atoms with E-state index in [1.54, 1.807) is 11.8 Å². The zero-order valence-corrected chi connectivity index (χ0v) is 12.2. The van der Waals surface area contributed by atoms with E-state index in [9.17, 15) is 5.26 Å². The van der Waals surface area contributed by atoms with Crippen LogP contribution in [0.3, 0.4) is 0 Å². The third kappa shape index (κ3) is 1.90. The van der Waals surface area contributed by atoms with Crippen molar-refractivity contribution in [1.82, 2.24) is 4.57 Å². The molecule has 0 aliphatic carbocycles. The molecule has 0 saturated carbocycles. The maximum Gasteiger partial charge on any atom is 0.103 e.